The van der Waals surface area contributed by atoms with Crippen LogP contribution in [0.4, 0.5) is 4.39 Å². The Balaban J connectivity index is 1.39. The summed E-state index contributed by atoms with van der Waals surface area (Å²) in [6, 6.07) is 7.20. The van der Waals surface area contributed by atoms with Crippen LogP contribution in [0.3, 0.4) is 0 Å². The summed E-state index contributed by atoms with van der Waals surface area (Å²) in [5, 5.41) is 17.1. The topological polar surface area (TPSA) is 91.3 Å². The van der Waals surface area contributed by atoms with Crippen molar-refractivity contribution < 1.29 is 19.0 Å². The molecule has 1 aliphatic rings. The third-order valence-corrected chi connectivity index (χ3v) is 6.88. The first kappa shape index (κ1) is 24.7. The van der Waals surface area contributed by atoms with Gasteiger partial charge in [0.05, 0.1) is 30.9 Å². The maximum atomic E-state index is 15.4. The van der Waals surface area contributed by atoms with Crippen LogP contribution in [0.1, 0.15) is 48.7 Å². The number of aryl methyl sites for hydroxylation is 1. The van der Waals surface area contributed by atoms with E-state index in [1.165, 1.54) is 0 Å². The number of fused-ring (bicyclic) bond motifs is 1. The molecule has 7 nitrogen and oxygen atoms in total. The minimum Gasteiger partial charge on any atom is -0.497 e. The molecule has 3 heterocycles. The normalized spacial score (nSPS) is 19.2. The summed E-state index contributed by atoms with van der Waals surface area (Å²) in [5.41, 5.74) is 3.14. The first-order valence-electron chi connectivity index (χ1n) is 11.9. The van der Waals surface area contributed by atoms with E-state index in [2.05, 4.69) is 31.9 Å². The number of aromatic nitrogens is 3. The Bertz CT molecular complexity index is 1230. The minimum atomic E-state index is -1.15. The van der Waals surface area contributed by atoms with E-state index in [0.717, 1.165) is 35.1 Å². The third kappa shape index (κ3) is 6.17. The van der Waals surface area contributed by atoms with Gasteiger partial charge in [-0.25, -0.2) is 4.39 Å². The molecular weight excluding hydrogens is 447 g/mol. The number of alkyl halides is 1. The zero-order valence-corrected chi connectivity index (χ0v) is 20.1. The summed E-state index contributed by atoms with van der Waals surface area (Å²) in [6.45, 7) is 3.98. The predicted molar refractivity (Wildman–Crippen MR) is 132 cm³/mol. The molecule has 2 N–H and O–H groups in total. The number of carboxylic acid groups (broad SMARTS) is 1. The second kappa shape index (κ2) is 11.3. The van der Waals surface area contributed by atoms with Gasteiger partial charge in [-0.15, -0.1) is 0 Å². The van der Waals surface area contributed by atoms with Gasteiger partial charge >= 0.3 is 5.97 Å². The van der Waals surface area contributed by atoms with Crippen molar-refractivity contribution in [3.63, 3.8) is 0 Å². The molecule has 0 amide bonds. The molecule has 1 saturated heterocycles. The van der Waals surface area contributed by atoms with Crippen LogP contribution in [-0.2, 0) is 4.79 Å². The number of rotatable bonds is 8. The van der Waals surface area contributed by atoms with Crippen LogP contribution >= 0.6 is 0 Å². The van der Waals surface area contributed by atoms with Crippen molar-refractivity contribution in [2.75, 3.05) is 26.7 Å². The second-order valence-corrected chi connectivity index (χ2v) is 9.18. The Morgan fingerprint density at radius 2 is 2.23 bits per heavy atom. The van der Waals surface area contributed by atoms with Gasteiger partial charge in [-0.2, -0.15) is 5.10 Å². The highest BCUT2D eigenvalue weighted by Crippen LogP contribution is 2.36. The van der Waals surface area contributed by atoms with Crippen LogP contribution in [0.25, 0.3) is 10.9 Å². The number of aromatic amines is 1. The van der Waals surface area contributed by atoms with Crippen LogP contribution < -0.4 is 4.74 Å². The predicted octanol–water partition coefficient (Wildman–Crippen LogP) is 4.53. The maximum absolute atomic E-state index is 15.4. The van der Waals surface area contributed by atoms with Gasteiger partial charge in [0.25, 0.3) is 0 Å². The fourth-order valence-electron chi connectivity index (χ4n) is 4.92. The van der Waals surface area contributed by atoms with Gasteiger partial charge in [0.2, 0.25) is 0 Å². The van der Waals surface area contributed by atoms with Crippen molar-refractivity contribution in [1.82, 2.24) is 20.1 Å². The quantitative estimate of drug-likeness (QED) is 0.462. The maximum Gasteiger partial charge on any atom is 0.303 e. The second-order valence-electron chi connectivity index (χ2n) is 9.18. The van der Waals surface area contributed by atoms with Gasteiger partial charge in [0.15, 0.2) is 0 Å². The number of H-pyrrole nitrogens is 1. The van der Waals surface area contributed by atoms with E-state index in [0.29, 0.717) is 37.2 Å². The Morgan fingerprint density at radius 3 is 2.97 bits per heavy atom. The molecule has 0 radical (unpaired) electrons. The van der Waals surface area contributed by atoms with Crippen molar-refractivity contribution in [2.24, 2.45) is 11.8 Å². The average Bonchev–Trinajstić information content (AvgIpc) is 3.26. The molecule has 35 heavy (non-hydrogen) atoms. The number of pyridine rings is 1. The van der Waals surface area contributed by atoms with E-state index in [4.69, 9.17) is 4.74 Å². The molecule has 2 aromatic heterocycles. The number of benzene rings is 1. The largest absolute Gasteiger partial charge is 0.497 e. The van der Waals surface area contributed by atoms with Crippen LogP contribution in [0.15, 0.2) is 36.7 Å². The number of hydrogen-bond acceptors (Lipinski definition) is 5. The van der Waals surface area contributed by atoms with Gasteiger partial charge in [0.1, 0.15) is 11.9 Å². The lowest BCUT2D eigenvalue weighted by molar-refractivity contribution is -0.139. The Hall–Kier alpha value is -3.44. The number of ether oxygens (including phenoxy) is 1. The van der Waals surface area contributed by atoms with E-state index < -0.39 is 12.1 Å². The van der Waals surface area contributed by atoms with Gasteiger partial charge in [-0.1, -0.05) is 11.8 Å². The number of carboxylic acids is 1. The third-order valence-electron chi connectivity index (χ3n) is 6.88. The molecule has 3 aromatic rings. The lowest BCUT2D eigenvalue weighted by Crippen LogP contribution is -2.41. The lowest BCUT2D eigenvalue weighted by Gasteiger charge is -2.37. The average molecular weight is 479 g/mol. The monoisotopic (exact) mass is 478 g/mol. The highest BCUT2D eigenvalue weighted by Gasteiger charge is 2.31. The molecule has 1 fully saturated rings. The van der Waals surface area contributed by atoms with Gasteiger partial charge in [-0.3, -0.25) is 19.8 Å². The highest BCUT2D eigenvalue weighted by molar-refractivity contribution is 5.83. The molecule has 0 aliphatic carbocycles. The molecular formula is C27H31FN4O3. The highest BCUT2D eigenvalue weighted by atomic mass is 19.1. The molecule has 1 aliphatic heterocycles. The molecule has 1 aromatic carbocycles. The fourth-order valence-corrected chi connectivity index (χ4v) is 4.92. The SMILES string of the molecule is COc1ccc2nccc(C(F)CC[C@@H]3CCN(CC#Cc4cn[nH]c4C)C[C@@H]3CC(=O)O)c2c1. The zero-order valence-electron chi connectivity index (χ0n) is 20.1. The van der Waals surface area contributed by atoms with Crippen molar-refractivity contribution in [2.45, 2.75) is 38.8 Å². The number of likely N-dealkylation sites (tertiary alicyclic amines) is 1. The zero-order chi connectivity index (χ0) is 24.8. The lowest BCUT2D eigenvalue weighted by atomic mass is 9.79. The summed E-state index contributed by atoms with van der Waals surface area (Å²) < 4.78 is 20.7. The molecule has 0 spiro atoms. The molecule has 1 unspecified atom stereocenters. The number of hydrogen-bond donors (Lipinski definition) is 2. The Kier molecular flexibility index (Phi) is 7.98. The number of aliphatic carboxylic acids is 1. The summed E-state index contributed by atoms with van der Waals surface area (Å²) in [5.74, 6) is 6.28. The number of piperidine rings is 1. The summed E-state index contributed by atoms with van der Waals surface area (Å²) in [6.07, 6.45) is 4.09. The van der Waals surface area contributed by atoms with Gasteiger partial charge < -0.3 is 9.84 Å². The van der Waals surface area contributed by atoms with Crippen LogP contribution in [0.2, 0.25) is 0 Å². The molecule has 4 rings (SSSR count). The first-order valence-corrected chi connectivity index (χ1v) is 11.9. The number of nitrogens with one attached hydrogen (secondary N) is 1. The minimum absolute atomic E-state index is 0.0276. The number of nitrogens with zero attached hydrogens (tertiary/aromatic N) is 3. The van der Waals surface area contributed by atoms with E-state index >= 15 is 4.39 Å². The molecule has 0 saturated carbocycles. The van der Waals surface area contributed by atoms with E-state index in [-0.39, 0.29) is 18.3 Å². The van der Waals surface area contributed by atoms with E-state index in [9.17, 15) is 9.90 Å². The summed E-state index contributed by atoms with van der Waals surface area (Å²) >= 11 is 0. The van der Waals surface area contributed by atoms with Gasteiger partial charge in [0, 0.05) is 30.2 Å². The van der Waals surface area contributed by atoms with Crippen LogP contribution in [0, 0.1) is 30.6 Å². The van der Waals surface area contributed by atoms with Crippen molar-refractivity contribution in [3.8, 4) is 17.6 Å². The first-order chi connectivity index (χ1) is 16.9. The standard InChI is InChI=1S/C27H31FN4O3/c1-18-20(16-30-31-18)4-3-12-32-13-10-19(21(17-32)14-27(33)34)5-7-25(28)23-9-11-29-26-8-6-22(35-2)15-24(23)26/h6,8-9,11,15-16,19,21,25H,5,7,10,12-14,17H2,1-2H3,(H,30,31)(H,33,34)/t19-,21+,25?/m1/s1. The molecule has 8 heteroatoms. The smallest absolute Gasteiger partial charge is 0.303 e. The molecule has 184 valence electrons. The van der Waals surface area contributed by atoms with Crippen molar-refractivity contribution >= 4 is 16.9 Å². The van der Waals surface area contributed by atoms with Crippen LogP contribution in [-0.4, -0.2) is 57.9 Å². The Labute approximate surface area is 204 Å². The fraction of sp³-hybridized carbons (Fsp3) is 0.444. The number of carbonyl (C=O) groups is 1. The summed E-state index contributed by atoms with van der Waals surface area (Å²) in [4.78, 5) is 18.1. The number of halogens is 1. The molecule has 3 atom stereocenters. The van der Waals surface area contributed by atoms with Gasteiger partial charge in [-0.05, 0) is 74.4 Å². The van der Waals surface area contributed by atoms with Crippen LogP contribution in [0.5, 0.6) is 5.75 Å². The van der Waals surface area contributed by atoms with Crippen molar-refractivity contribution in [3.05, 3.63) is 53.5 Å². The summed E-state index contributed by atoms with van der Waals surface area (Å²) in [7, 11) is 1.59. The number of methoxy groups -OCH3 is 1. The van der Waals surface area contributed by atoms with Crippen molar-refractivity contribution in [1.29, 1.82) is 0 Å². The molecule has 0 bridgehead atoms. The van der Waals surface area contributed by atoms with E-state index in [1.54, 1.807) is 25.6 Å². The Morgan fingerprint density at radius 1 is 1.37 bits per heavy atom. The van der Waals surface area contributed by atoms with E-state index in [1.807, 2.05) is 25.1 Å².